The Bertz CT molecular complexity index is 743. The van der Waals surface area contributed by atoms with Crippen LogP contribution < -0.4 is 10.6 Å². The lowest BCUT2D eigenvalue weighted by Gasteiger charge is -2.23. The number of furan rings is 1. The molecule has 26 heavy (non-hydrogen) atoms. The number of nitrogens with zero attached hydrogens (tertiary/aromatic N) is 2. The lowest BCUT2D eigenvalue weighted by atomic mass is 10.2. The minimum absolute atomic E-state index is 0. The number of thiazole rings is 1. The van der Waals surface area contributed by atoms with Gasteiger partial charge in [-0.1, -0.05) is 0 Å². The molecular formula is C16H22Cl2N4O3S. The van der Waals surface area contributed by atoms with E-state index >= 15 is 0 Å². The maximum Gasteiger partial charge on any atom is 0.260 e. The van der Waals surface area contributed by atoms with Crippen molar-refractivity contribution in [2.75, 3.05) is 25.5 Å². The minimum atomic E-state index is -0.261. The van der Waals surface area contributed by atoms with Gasteiger partial charge in [0.1, 0.15) is 5.76 Å². The molecule has 144 valence electrons. The van der Waals surface area contributed by atoms with Gasteiger partial charge in [0.05, 0.1) is 23.9 Å². The lowest BCUT2D eigenvalue weighted by molar-refractivity contribution is -0.130. The van der Waals surface area contributed by atoms with Crippen LogP contribution in [-0.4, -0.2) is 47.9 Å². The topological polar surface area (TPSA) is 87.5 Å². The molecule has 3 rings (SSSR count). The number of halogens is 2. The Morgan fingerprint density at radius 3 is 2.85 bits per heavy atom. The van der Waals surface area contributed by atoms with Crippen LogP contribution in [-0.2, 0) is 11.2 Å². The van der Waals surface area contributed by atoms with E-state index in [0.717, 1.165) is 19.5 Å². The maximum atomic E-state index is 12.3. The van der Waals surface area contributed by atoms with Gasteiger partial charge in [-0.3, -0.25) is 14.9 Å². The van der Waals surface area contributed by atoms with Crippen LogP contribution in [0.25, 0.3) is 0 Å². The standard InChI is InChI=1S/C16H20N4O3S.2ClH/c1-10-13(4-6-23-10)15(22)19-16-18-11(9-24-16)7-14(21)20(2)12-3-5-17-8-12;;/h4,6,9,12,17H,3,5,7-8H2,1-2H3,(H,18,19,22);2*1H. The number of nitrogens with one attached hydrogen (secondary N) is 2. The van der Waals surface area contributed by atoms with E-state index in [9.17, 15) is 9.59 Å². The molecule has 0 bridgehead atoms. The van der Waals surface area contributed by atoms with Gasteiger partial charge in [0.2, 0.25) is 5.91 Å². The minimum Gasteiger partial charge on any atom is -0.469 e. The van der Waals surface area contributed by atoms with Gasteiger partial charge in [-0.05, 0) is 26.0 Å². The number of aryl methyl sites for hydroxylation is 1. The van der Waals surface area contributed by atoms with Crippen LogP contribution in [0.1, 0.15) is 28.2 Å². The molecule has 1 unspecified atom stereocenters. The predicted octanol–water partition coefficient (Wildman–Crippen LogP) is 2.50. The van der Waals surface area contributed by atoms with Crippen molar-refractivity contribution in [2.45, 2.75) is 25.8 Å². The van der Waals surface area contributed by atoms with Gasteiger partial charge in [0.15, 0.2) is 5.13 Å². The number of aromatic nitrogens is 1. The van der Waals surface area contributed by atoms with Crippen molar-refractivity contribution in [3.8, 4) is 0 Å². The van der Waals surface area contributed by atoms with E-state index in [4.69, 9.17) is 4.42 Å². The summed E-state index contributed by atoms with van der Waals surface area (Å²) < 4.78 is 5.12. The largest absolute Gasteiger partial charge is 0.469 e. The van der Waals surface area contributed by atoms with Crippen molar-refractivity contribution in [3.63, 3.8) is 0 Å². The average molecular weight is 421 g/mol. The van der Waals surface area contributed by atoms with Gasteiger partial charge in [-0.2, -0.15) is 0 Å². The molecule has 0 aromatic carbocycles. The fourth-order valence-corrected chi connectivity index (χ4v) is 3.39. The summed E-state index contributed by atoms with van der Waals surface area (Å²) in [6, 6.07) is 1.87. The molecule has 2 N–H and O–H groups in total. The second-order valence-corrected chi connectivity index (χ2v) is 6.67. The van der Waals surface area contributed by atoms with Crippen molar-refractivity contribution in [1.29, 1.82) is 0 Å². The molecule has 1 fully saturated rings. The molecule has 0 aliphatic carbocycles. The molecule has 0 saturated carbocycles. The summed E-state index contributed by atoms with van der Waals surface area (Å²) >= 11 is 1.31. The number of amides is 2. The average Bonchev–Trinajstić information content (AvgIpc) is 3.28. The van der Waals surface area contributed by atoms with Crippen LogP contribution in [0.2, 0.25) is 0 Å². The van der Waals surface area contributed by atoms with Gasteiger partial charge < -0.3 is 14.6 Å². The first-order valence-corrected chi connectivity index (χ1v) is 8.69. The number of carbonyl (C=O) groups excluding carboxylic acids is 2. The second kappa shape index (κ2) is 9.91. The Morgan fingerprint density at radius 2 is 2.23 bits per heavy atom. The van der Waals surface area contributed by atoms with E-state index in [-0.39, 0.29) is 49.1 Å². The zero-order chi connectivity index (χ0) is 17.1. The van der Waals surface area contributed by atoms with Crippen LogP contribution in [0, 0.1) is 6.92 Å². The molecule has 1 aliphatic heterocycles. The van der Waals surface area contributed by atoms with Crippen molar-refractivity contribution < 1.29 is 14.0 Å². The third-order valence-corrected chi connectivity index (χ3v) is 4.99. The van der Waals surface area contributed by atoms with Crippen molar-refractivity contribution >= 4 is 53.1 Å². The Labute approximate surface area is 168 Å². The summed E-state index contributed by atoms with van der Waals surface area (Å²) in [6.45, 7) is 3.52. The van der Waals surface area contributed by atoms with Gasteiger partial charge in [0.25, 0.3) is 5.91 Å². The molecule has 0 radical (unpaired) electrons. The van der Waals surface area contributed by atoms with E-state index in [1.165, 1.54) is 17.6 Å². The molecule has 2 aromatic rings. The maximum absolute atomic E-state index is 12.3. The number of rotatable bonds is 5. The fraction of sp³-hybridized carbons (Fsp3) is 0.438. The van der Waals surface area contributed by atoms with Gasteiger partial charge in [-0.25, -0.2) is 4.98 Å². The molecule has 2 aromatic heterocycles. The summed E-state index contributed by atoms with van der Waals surface area (Å²) in [4.78, 5) is 30.6. The highest BCUT2D eigenvalue weighted by atomic mass is 35.5. The summed E-state index contributed by atoms with van der Waals surface area (Å²) in [5.41, 5.74) is 1.15. The molecule has 1 atom stereocenters. The zero-order valence-electron chi connectivity index (χ0n) is 14.5. The Hall–Kier alpha value is -1.61. The van der Waals surface area contributed by atoms with E-state index in [1.54, 1.807) is 23.3 Å². The molecule has 1 saturated heterocycles. The predicted molar refractivity (Wildman–Crippen MR) is 106 cm³/mol. The molecule has 2 amide bonds. The van der Waals surface area contributed by atoms with Crippen molar-refractivity contribution in [2.24, 2.45) is 0 Å². The van der Waals surface area contributed by atoms with Crippen LogP contribution in [0.5, 0.6) is 0 Å². The Kier molecular flexibility index (Phi) is 8.55. The number of hydrogen-bond acceptors (Lipinski definition) is 6. The van der Waals surface area contributed by atoms with Crippen LogP contribution in [0.4, 0.5) is 5.13 Å². The lowest BCUT2D eigenvalue weighted by Crippen LogP contribution is -2.39. The molecule has 3 heterocycles. The van der Waals surface area contributed by atoms with E-state index < -0.39 is 0 Å². The summed E-state index contributed by atoms with van der Waals surface area (Å²) in [6.07, 6.45) is 2.69. The molecule has 10 heteroatoms. The molecule has 0 spiro atoms. The van der Waals surface area contributed by atoms with E-state index in [2.05, 4.69) is 15.6 Å². The second-order valence-electron chi connectivity index (χ2n) is 5.82. The van der Waals surface area contributed by atoms with Crippen LogP contribution in [0.3, 0.4) is 0 Å². The number of carbonyl (C=O) groups is 2. The van der Waals surface area contributed by atoms with Crippen LogP contribution in [0.15, 0.2) is 22.1 Å². The highest BCUT2D eigenvalue weighted by molar-refractivity contribution is 7.14. The number of hydrogen-bond donors (Lipinski definition) is 2. The Balaban J connectivity index is 0.00000169. The zero-order valence-corrected chi connectivity index (χ0v) is 16.9. The van der Waals surface area contributed by atoms with E-state index in [1.807, 2.05) is 7.05 Å². The van der Waals surface area contributed by atoms with Gasteiger partial charge in [0, 0.05) is 25.0 Å². The highest BCUT2D eigenvalue weighted by Crippen LogP contribution is 2.19. The first kappa shape index (κ1) is 22.4. The van der Waals surface area contributed by atoms with Crippen molar-refractivity contribution in [3.05, 3.63) is 34.7 Å². The third kappa shape index (κ3) is 5.20. The normalized spacial score (nSPS) is 15.7. The molecular weight excluding hydrogens is 399 g/mol. The SMILES string of the molecule is Cc1occc1C(=O)Nc1nc(CC(=O)N(C)C2CCNC2)cs1.Cl.Cl. The van der Waals surface area contributed by atoms with Gasteiger partial charge in [-0.15, -0.1) is 36.2 Å². The fourth-order valence-electron chi connectivity index (χ4n) is 2.68. The quantitative estimate of drug-likeness (QED) is 0.775. The first-order chi connectivity index (χ1) is 11.5. The Morgan fingerprint density at radius 1 is 1.46 bits per heavy atom. The summed E-state index contributed by atoms with van der Waals surface area (Å²) in [5, 5.41) is 8.27. The monoisotopic (exact) mass is 420 g/mol. The smallest absolute Gasteiger partial charge is 0.260 e. The van der Waals surface area contributed by atoms with Crippen molar-refractivity contribution in [1.82, 2.24) is 15.2 Å². The molecule has 1 aliphatic rings. The summed E-state index contributed by atoms with van der Waals surface area (Å²) in [7, 11) is 1.83. The van der Waals surface area contributed by atoms with Gasteiger partial charge >= 0.3 is 0 Å². The van der Waals surface area contributed by atoms with Crippen LogP contribution >= 0.6 is 36.2 Å². The summed E-state index contributed by atoms with van der Waals surface area (Å²) in [5.74, 6) is 0.339. The third-order valence-electron chi connectivity index (χ3n) is 4.18. The number of likely N-dealkylation sites (N-methyl/N-ethyl adjacent to an activating group) is 1. The molecule has 7 nitrogen and oxygen atoms in total. The first-order valence-electron chi connectivity index (χ1n) is 7.81. The van der Waals surface area contributed by atoms with E-state index in [0.29, 0.717) is 22.1 Å². The number of anilines is 1. The highest BCUT2D eigenvalue weighted by Gasteiger charge is 2.23.